The van der Waals surface area contributed by atoms with Crippen LogP contribution in [-0.4, -0.2) is 27.1 Å². The van der Waals surface area contributed by atoms with Crippen LogP contribution in [0.15, 0.2) is 72.4 Å². The first-order valence-corrected chi connectivity index (χ1v) is 8.79. The third-order valence-corrected chi connectivity index (χ3v) is 4.33. The summed E-state index contributed by atoms with van der Waals surface area (Å²) in [5, 5.41) is 9.61. The molecular weight excluding hydrogens is 318 g/mol. The number of benzene rings is 2. The Morgan fingerprint density at radius 3 is 2.50 bits per heavy atom. The van der Waals surface area contributed by atoms with E-state index in [1.165, 1.54) is 0 Å². The predicted molar refractivity (Wildman–Crippen MR) is 98.9 cm³/mol. The SMILES string of the molecule is C=CCSc1nnc(-c2ccccc2)n1-c1ccc(OCC)cc1. The van der Waals surface area contributed by atoms with Crippen LogP contribution in [-0.2, 0) is 0 Å². The summed E-state index contributed by atoms with van der Waals surface area (Å²) < 4.78 is 7.60. The van der Waals surface area contributed by atoms with Crippen LogP contribution in [0.5, 0.6) is 5.75 Å². The third-order valence-electron chi connectivity index (χ3n) is 3.40. The van der Waals surface area contributed by atoms with Gasteiger partial charge in [0.15, 0.2) is 11.0 Å². The highest BCUT2D eigenvalue weighted by atomic mass is 32.2. The zero-order valence-corrected chi connectivity index (χ0v) is 14.4. The number of thioether (sulfide) groups is 1. The molecule has 3 aromatic rings. The second-order valence-corrected chi connectivity index (χ2v) is 6.02. The molecule has 24 heavy (non-hydrogen) atoms. The molecule has 0 radical (unpaired) electrons. The van der Waals surface area contributed by atoms with Crippen LogP contribution in [0.1, 0.15) is 6.92 Å². The van der Waals surface area contributed by atoms with Gasteiger partial charge in [0, 0.05) is 17.0 Å². The Kier molecular flexibility index (Phi) is 5.33. The lowest BCUT2D eigenvalue weighted by molar-refractivity contribution is 0.340. The molecule has 0 saturated carbocycles. The average molecular weight is 337 g/mol. The molecule has 0 unspecified atom stereocenters. The molecule has 0 aliphatic heterocycles. The Balaban J connectivity index is 2.05. The van der Waals surface area contributed by atoms with Crippen molar-refractivity contribution in [2.75, 3.05) is 12.4 Å². The molecule has 0 atom stereocenters. The summed E-state index contributed by atoms with van der Waals surface area (Å²) in [6, 6.07) is 18.1. The Bertz CT molecular complexity index is 797. The summed E-state index contributed by atoms with van der Waals surface area (Å²) in [7, 11) is 0. The van der Waals surface area contributed by atoms with E-state index in [1.54, 1.807) is 11.8 Å². The lowest BCUT2D eigenvalue weighted by Gasteiger charge is -2.11. The lowest BCUT2D eigenvalue weighted by atomic mass is 10.2. The zero-order valence-electron chi connectivity index (χ0n) is 13.6. The third kappa shape index (κ3) is 3.51. The standard InChI is InChI=1S/C19H19N3OS/c1-3-14-24-19-21-20-18(15-8-6-5-7-9-15)22(19)16-10-12-17(13-11-16)23-4-2/h3,5-13H,1,4,14H2,2H3. The van der Waals surface area contributed by atoms with Gasteiger partial charge in [0.2, 0.25) is 0 Å². The molecule has 0 aliphatic rings. The van der Waals surface area contributed by atoms with Gasteiger partial charge in [-0.05, 0) is 31.2 Å². The molecular formula is C19H19N3OS. The molecule has 3 rings (SSSR count). The molecule has 0 amide bonds. The highest BCUT2D eigenvalue weighted by Gasteiger charge is 2.15. The van der Waals surface area contributed by atoms with E-state index in [1.807, 2.05) is 67.6 Å². The first-order valence-electron chi connectivity index (χ1n) is 7.81. The molecule has 122 valence electrons. The molecule has 1 aromatic heterocycles. The van der Waals surface area contributed by atoms with Gasteiger partial charge in [-0.15, -0.1) is 16.8 Å². The fraction of sp³-hybridized carbons (Fsp3) is 0.158. The van der Waals surface area contributed by atoms with Crippen LogP contribution in [0.4, 0.5) is 0 Å². The van der Waals surface area contributed by atoms with Crippen molar-refractivity contribution in [2.45, 2.75) is 12.1 Å². The largest absolute Gasteiger partial charge is 0.494 e. The Hall–Kier alpha value is -2.53. The van der Waals surface area contributed by atoms with E-state index in [4.69, 9.17) is 4.74 Å². The highest BCUT2D eigenvalue weighted by Crippen LogP contribution is 2.28. The second kappa shape index (κ2) is 7.84. The zero-order chi connectivity index (χ0) is 16.8. The van der Waals surface area contributed by atoms with Crippen molar-refractivity contribution in [1.29, 1.82) is 0 Å². The van der Waals surface area contributed by atoms with Crippen molar-refractivity contribution in [3.8, 4) is 22.8 Å². The quantitative estimate of drug-likeness (QED) is 0.466. The highest BCUT2D eigenvalue weighted by molar-refractivity contribution is 7.99. The Morgan fingerprint density at radius 1 is 1.08 bits per heavy atom. The first kappa shape index (κ1) is 16.3. The molecule has 0 fully saturated rings. The van der Waals surface area contributed by atoms with Crippen molar-refractivity contribution in [3.63, 3.8) is 0 Å². The number of hydrogen-bond donors (Lipinski definition) is 0. The van der Waals surface area contributed by atoms with Crippen LogP contribution >= 0.6 is 11.8 Å². The normalized spacial score (nSPS) is 10.5. The van der Waals surface area contributed by atoms with Crippen molar-refractivity contribution >= 4 is 11.8 Å². The van der Waals surface area contributed by atoms with Gasteiger partial charge >= 0.3 is 0 Å². The van der Waals surface area contributed by atoms with Gasteiger partial charge in [-0.3, -0.25) is 4.57 Å². The Labute approximate surface area is 146 Å². The molecule has 5 heteroatoms. The predicted octanol–water partition coefficient (Wildman–Crippen LogP) is 4.61. The molecule has 4 nitrogen and oxygen atoms in total. The molecule has 0 aliphatic carbocycles. The topological polar surface area (TPSA) is 39.9 Å². The summed E-state index contributed by atoms with van der Waals surface area (Å²) in [6.07, 6.45) is 1.87. The van der Waals surface area contributed by atoms with Gasteiger partial charge in [0.1, 0.15) is 5.75 Å². The minimum atomic E-state index is 0.654. The second-order valence-electron chi connectivity index (χ2n) is 5.03. The van der Waals surface area contributed by atoms with Crippen LogP contribution < -0.4 is 4.74 Å². The van der Waals surface area contributed by atoms with Crippen molar-refractivity contribution in [1.82, 2.24) is 14.8 Å². The van der Waals surface area contributed by atoms with E-state index in [9.17, 15) is 0 Å². The molecule has 0 spiro atoms. The van der Waals surface area contributed by atoms with E-state index < -0.39 is 0 Å². The molecule has 1 heterocycles. The number of nitrogens with zero attached hydrogens (tertiary/aromatic N) is 3. The summed E-state index contributed by atoms with van der Waals surface area (Å²) in [5.41, 5.74) is 2.04. The molecule has 2 aromatic carbocycles. The van der Waals surface area contributed by atoms with E-state index >= 15 is 0 Å². The Morgan fingerprint density at radius 2 is 1.83 bits per heavy atom. The van der Waals surface area contributed by atoms with E-state index in [0.717, 1.165) is 33.7 Å². The molecule has 0 saturated heterocycles. The number of hydrogen-bond acceptors (Lipinski definition) is 4. The number of rotatable bonds is 7. The average Bonchev–Trinajstić information content (AvgIpc) is 3.05. The first-order chi connectivity index (χ1) is 11.8. The van der Waals surface area contributed by atoms with Crippen LogP contribution in [0.25, 0.3) is 17.1 Å². The van der Waals surface area contributed by atoms with Gasteiger partial charge in [-0.25, -0.2) is 0 Å². The number of aromatic nitrogens is 3. The smallest absolute Gasteiger partial charge is 0.196 e. The van der Waals surface area contributed by atoms with Gasteiger partial charge < -0.3 is 4.74 Å². The maximum atomic E-state index is 5.53. The molecule has 0 N–H and O–H groups in total. The van der Waals surface area contributed by atoms with E-state index in [0.29, 0.717) is 6.61 Å². The van der Waals surface area contributed by atoms with Crippen molar-refractivity contribution < 1.29 is 4.74 Å². The minimum absolute atomic E-state index is 0.654. The fourth-order valence-electron chi connectivity index (χ4n) is 2.36. The van der Waals surface area contributed by atoms with Gasteiger partial charge in [0.25, 0.3) is 0 Å². The van der Waals surface area contributed by atoms with Crippen LogP contribution in [0, 0.1) is 0 Å². The summed E-state index contributed by atoms with van der Waals surface area (Å²) in [4.78, 5) is 0. The maximum Gasteiger partial charge on any atom is 0.196 e. The van der Waals surface area contributed by atoms with Crippen molar-refractivity contribution in [2.24, 2.45) is 0 Å². The summed E-state index contributed by atoms with van der Waals surface area (Å²) in [5.74, 6) is 2.46. The van der Waals surface area contributed by atoms with Crippen LogP contribution in [0.2, 0.25) is 0 Å². The van der Waals surface area contributed by atoms with E-state index in [2.05, 4.69) is 21.3 Å². The van der Waals surface area contributed by atoms with Gasteiger partial charge in [-0.1, -0.05) is 48.2 Å². The van der Waals surface area contributed by atoms with E-state index in [-0.39, 0.29) is 0 Å². The summed E-state index contributed by atoms with van der Waals surface area (Å²) >= 11 is 1.61. The van der Waals surface area contributed by atoms with Gasteiger partial charge in [0.05, 0.1) is 6.61 Å². The molecule has 0 bridgehead atoms. The summed E-state index contributed by atoms with van der Waals surface area (Å²) in [6.45, 7) is 6.41. The minimum Gasteiger partial charge on any atom is -0.494 e. The maximum absolute atomic E-state index is 5.53. The van der Waals surface area contributed by atoms with Crippen LogP contribution in [0.3, 0.4) is 0 Å². The van der Waals surface area contributed by atoms with Crippen molar-refractivity contribution in [3.05, 3.63) is 67.3 Å². The van der Waals surface area contributed by atoms with Gasteiger partial charge in [-0.2, -0.15) is 0 Å². The monoisotopic (exact) mass is 337 g/mol. The lowest BCUT2D eigenvalue weighted by Crippen LogP contribution is -2.00. The number of ether oxygens (including phenoxy) is 1. The fourth-order valence-corrected chi connectivity index (χ4v) is 3.05.